The molecule has 0 bridgehead atoms. The number of halogens is 2. The van der Waals surface area contributed by atoms with Gasteiger partial charge >= 0.3 is 0 Å². The summed E-state index contributed by atoms with van der Waals surface area (Å²) in [4.78, 5) is 71.3. The maximum Gasteiger partial charge on any atom is 0.260 e. The Bertz CT molecular complexity index is 2170. The third-order valence-corrected chi connectivity index (χ3v) is 11.2. The number of hydrazine groups is 1. The van der Waals surface area contributed by atoms with Gasteiger partial charge in [0.15, 0.2) is 5.78 Å². The number of carbonyl (C=O) groups is 5. The number of fused-ring (bicyclic) bond motifs is 4. The van der Waals surface area contributed by atoms with Gasteiger partial charge in [-0.05, 0) is 110 Å². The Labute approximate surface area is 297 Å². The van der Waals surface area contributed by atoms with Crippen molar-refractivity contribution in [3.8, 4) is 5.75 Å². The number of nitrogens with zero attached hydrogens (tertiary/aromatic N) is 2. The van der Waals surface area contributed by atoms with Crippen LogP contribution in [0.2, 0.25) is 5.02 Å². The fourth-order valence-corrected chi connectivity index (χ4v) is 8.96. The molecule has 4 amide bonds. The summed E-state index contributed by atoms with van der Waals surface area (Å²) in [5.41, 5.74) is 4.29. The first-order valence-electron chi connectivity index (χ1n) is 16.6. The topological polar surface area (TPSA) is 124 Å². The second-order valence-electron chi connectivity index (χ2n) is 13.6. The molecule has 0 radical (unpaired) electrons. The van der Waals surface area contributed by atoms with Gasteiger partial charge < -0.3 is 5.11 Å². The quantitative estimate of drug-likeness (QED) is 0.132. The fraction of sp³-hybridized carbons (Fsp3) is 0.225. The molecular weight excluding hydrogens is 673 g/mol. The van der Waals surface area contributed by atoms with Crippen molar-refractivity contribution in [1.82, 2.24) is 5.01 Å². The first-order valence-corrected chi connectivity index (χ1v) is 17.0. The van der Waals surface area contributed by atoms with Crippen LogP contribution in [0, 0.1) is 29.5 Å². The molecule has 4 aliphatic rings. The number of amides is 4. The summed E-state index contributed by atoms with van der Waals surface area (Å²) in [7, 11) is 0. The number of imide groups is 2. The van der Waals surface area contributed by atoms with Gasteiger partial charge in [-0.25, -0.2) is 4.39 Å². The van der Waals surface area contributed by atoms with Gasteiger partial charge in [-0.2, -0.15) is 5.01 Å². The lowest BCUT2D eigenvalue weighted by Crippen LogP contribution is -2.53. The molecule has 6 atom stereocenters. The zero-order chi connectivity index (χ0) is 35.8. The zero-order valence-corrected chi connectivity index (χ0v) is 28.0. The van der Waals surface area contributed by atoms with Crippen LogP contribution in [0.3, 0.4) is 0 Å². The van der Waals surface area contributed by atoms with Crippen LogP contribution in [-0.2, 0) is 24.6 Å². The van der Waals surface area contributed by atoms with Crippen LogP contribution in [0.4, 0.5) is 15.8 Å². The minimum absolute atomic E-state index is 0.0444. The van der Waals surface area contributed by atoms with Gasteiger partial charge in [-0.3, -0.25) is 34.3 Å². The number of nitrogens with one attached hydrogen (secondary N) is 1. The molecule has 2 heterocycles. The third kappa shape index (κ3) is 4.92. The van der Waals surface area contributed by atoms with Crippen LogP contribution < -0.4 is 10.3 Å². The van der Waals surface area contributed by atoms with E-state index >= 15 is 4.79 Å². The Balaban J connectivity index is 1.29. The maximum absolute atomic E-state index is 15.1. The minimum Gasteiger partial charge on any atom is -0.508 e. The predicted molar refractivity (Wildman–Crippen MR) is 186 cm³/mol. The third-order valence-electron chi connectivity index (χ3n) is 11.0. The average molecular weight is 704 g/mol. The first kappa shape index (κ1) is 32.6. The van der Waals surface area contributed by atoms with E-state index in [-0.39, 0.29) is 30.3 Å². The number of aromatic hydroxyl groups is 1. The summed E-state index contributed by atoms with van der Waals surface area (Å²) in [6, 6.07) is 24.9. The van der Waals surface area contributed by atoms with Gasteiger partial charge in [0.2, 0.25) is 11.8 Å². The number of Topliss-reactive ketones (excluding diaryl/α,β-unsaturated/α-hetero) is 1. The van der Waals surface area contributed by atoms with Gasteiger partial charge in [-0.1, -0.05) is 47.5 Å². The summed E-state index contributed by atoms with van der Waals surface area (Å²) in [5, 5.41) is 12.1. The average Bonchev–Trinajstić information content (AvgIpc) is 3.50. The molecule has 1 saturated carbocycles. The molecule has 9 nitrogen and oxygen atoms in total. The van der Waals surface area contributed by atoms with Gasteiger partial charge in [0, 0.05) is 16.5 Å². The van der Waals surface area contributed by atoms with E-state index in [9.17, 15) is 28.7 Å². The Morgan fingerprint density at radius 1 is 0.882 bits per heavy atom. The summed E-state index contributed by atoms with van der Waals surface area (Å²) in [5.74, 6) is -6.54. The normalized spacial score (nSPS) is 26.8. The summed E-state index contributed by atoms with van der Waals surface area (Å²) >= 11 is 6.33. The number of benzene rings is 4. The number of anilines is 2. The van der Waals surface area contributed by atoms with Gasteiger partial charge in [-0.15, -0.1) is 0 Å². The highest BCUT2D eigenvalue weighted by atomic mass is 35.5. The predicted octanol–water partition coefficient (Wildman–Crippen LogP) is 6.58. The lowest BCUT2D eigenvalue weighted by atomic mass is 9.49. The van der Waals surface area contributed by atoms with Gasteiger partial charge in [0.25, 0.3) is 11.8 Å². The maximum atomic E-state index is 15.1. The zero-order valence-electron chi connectivity index (χ0n) is 27.3. The molecule has 2 saturated heterocycles. The van der Waals surface area contributed by atoms with E-state index in [2.05, 4.69) is 5.43 Å². The highest BCUT2D eigenvalue weighted by Gasteiger charge is 2.70. The van der Waals surface area contributed by atoms with Crippen LogP contribution >= 0.6 is 11.6 Å². The van der Waals surface area contributed by atoms with Crippen molar-refractivity contribution in [2.24, 2.45) is 23.7 Å². The van der Waals surface area contributed by atoms with E-state index in [1.54, 1.807) is 66.7 Å². The van der Waals surface area contributed by atoms with E-state index in [0.29, 0.717) is 33.1 Å². The standard InChI is InChI=1S/C40H31ClFN3O6/c1-21(46)22-5-15-28(16-6-22)44-36(48)31-18-17-30-32(34(31)38(44)50)20-33-37(49)45(43-27-13-11-26(42)12-14-27)39(51)40(33,24-7-9-25(41)10-8-24)35(30)23-3-2-4-29(47)19-23/h2-17,19,31-35,43,47H,18,20H2,1H3. The molecule has 4 aromatic carbocycles. The lowest BCUT2D eigenvalue weighted by molar-refractivity contribution is -0.138. The van der Waals surface area contributed by atoms with Crippen molar-refractivity contribution < 1.29 is 33.5 Å². The molecule has 0 spiro atoms. The van der Waals surface area contributed by atoms with Crippen molar-refractivity contribution in [3.63, 3.8) is 0 Å². The number of carbonyl (C=O) groups excluding carboxylic acids is 5. The van der Waals surface area contributed by atoms with Crippen LogP contribution in [0.5, 0.6) is 5.75 Å². The van der Waals surface area contributed by atoms with Crippen LogP contribution in [0.25, 0.3) is 0 Å². The van der Waals surface area contributed by atoms with E-state index in [4.69, 9.17) is 11.6 Å². The molecule has 2 N–H and O–H groups in total. The molecule has 3 fully saturated rings. The fourth-order valence-electron chi connectivity index (χ4n) is 8.83. The van der Waals surface area contributed by atoms with Gasteiger partial charge in [0.05, 0.1) is 34.5 Å². The molecule has 8 rings (SSSR count). The number of rotatable bonds is 6. The highest BCUT2D eigenvalue weighted by molar-refractivity contribution is 6.30. The Morgan fingerprint density at radius 3 is 2.25 bits per heavy atom. The minimum atomic E-state index is -1.55. The Hall–Kier alpha value is -5.61. The first-order chi connectivity index (χ1) is 24.5. The smallest absolute Gasteiger partial charge is 0.260 e. The van der Waals surface area contributed by atoms with E-state index < -0.39 is 58.5 Å². The van der Waals surface area contributed by atoms with Crippen LogP contribution in [-0.4, -0.2) is 39.5 Å². The number of ketones is 1. The Kier molecular flexibility index (Phi) is 7.68. The van der Waals surface area contributed by atoms with E-state index in [1.807, 2.05) is 6.08 Å². The van der Waals surface area contributed by atoms with Crippen molar-refractivity contribution >= 4 is 52.4 Å². The van der Waals surface area contributed by atoms with Crippen LogP contribution in [0.1, 0.15) is 47.2 Å². The van der Waals surface area contributed by atoms with Crippen molar-refractivity contribution in [2.45, 2.75) is 31.1 Å². The van der Waals surface area contributed by atoms with Gasteiger partial charge in [0.1, 0.15) is 11.6 Å². The summed E-state index contributed by atoms with van der Waals surface area (Å²) in [6.07, 6.45) is 2.22. The number of hydrogen-bond donors (Lipinski definition) is 2. The molecular formula is C40H31ClFN3O6. The molecule has 256 valence electrons. The van der Waals surface area contributed by atoms with Crippen LogP contribution in [0.15, 0.2) is 109 Å². The Morgan fingerprint density at radius 2 is 1.59 bits per heavy atom. The number of phenolic OH excluding ortho intramolecular Hbond substituents is 1. The summed E-state index contributed by atoms with van der Waals surface area (Å²) in [6.45, 7) is 1.43. The second-order valence-corrected chi connectivity index (χ2v) is 14.0. The second kappa shape index (κ2) is 12.0. The molecule has 4 aromatic rings. The van der Waals surface area contributed by atoms with Crippen molar-refractivity contribution in [1.29, 1.82) is 0 Å². The number of phenols is 1. The number of allylic oxidation sites excluding steroid dienone is 2. The molecule has 2 aliphatic heterocycles. The highest BCUT2D eigenvalue weighted by Crippen LogP contribution is 2.64. The van der Waals surface area contributed by atoms with Crippen molar-refractivity contribution in [3.05, 3.63) is 136 Å². The largest absolute Gasteiger partial charge is 0.508 e. The summed E-state index contributed by atoms with van der Waals surface area (Å²) < 4.78 is 13.8. The molecule has 11 heteroatoms. The molecule has 0 aromatic heterocycles. The molecule has 6 unspecified atom stereocenters. The number of hydrogen-bond acceptors (Lipinski definition) is 7. The molecule has 2 aliphatic carbocycles. The van der Waals surface area contributed by atoms with E-state index in [0.717, 1.165) is 10.6 Å². The SMILES string of the molecule is CC(=O)c1ccc(N2C(=O)C3CC=C4C(CC5C(=O)N(Nc6ccc(F)cc6)C(=O)C5(c5ccc(Cl)cc5)C4c4cccc(O)c4)C3C2=O)cc1. The molecule has 51 heavy (non-hydrogen) atoms. The van der Waals surface area contributed by atoms with Crippen molar-refractivity contribution in [2.75, 3.05) is 10.3 Å². The van der Waals surface area contributed by atoms with E-state index in [1.165, 1.54) is 42.2 Å². The monoisotopic (exact) mass is 703 g/mol. The lowest BCUT2D eigenvalue weighted by Gasteiger charge is -2.50.